The Bertz CT molecular complexity index is 951. The van der Waals surface area contributed by atoms with Crippen LogP contribution in [0.15, 0.2) is 36.4 Å². The molecule has 1 spiro atoms. The average molecular weight is 374 g/mol. The lowest BCUT2D eigenvalue weighted by atomic mass is 9.83. The van der Waals surface area contributed by atoms with Crippen molar-refractivity contribution in [2.75, 3.05) is 32.1 Å². The molecular formula is C19H22N2O4S. The van der Waals surface area contributed by atoms with Crippen LogP contribution in [0.25, 0.3) is 10.9 Å². The van der Waals surface area contributed by atoms with Gasteiger partial charge in [0.05, 0.1) is 17.9 Å². The molecule has 6 nitrogen and oxygen atoms in total. The number of carbonyl (C=O) groups excluding carboxylic acids is 1. The number of nitrogens with zero attached hydrogens (tertiary/aromatic N) is 2. The van der Waals surface area contributed by atoms with Gasteiger partial charge in [-0.2, -0.15) is 0 Å². The highest BCUT2D eigenvalue weighted by Gasteiger charge is 2.62. The lowest BCUT2D eigenvalue weighted by Gasteiger charge is -2.49. The minimum Gasteiger partial charge on any atom is -0.381 e. The van der Waals surface area contributed by atoms with E-state index in [1.54, 1.807) is 11.0 Å². The fourth-order valence-corrected chi connectivity index (χ4v) is 6.46. The summed E-state index contributed by atoms with van der Waals surface area (Å²) in [6, 6.07) is 11.2. The molecule has 0 aliphatic carbocycles. The van der Waals surface area contributed by atoms with E-state index in [1.165, 1.54) is 0 Å². The summed E-state index contributed by atoms with van der Waals surface area (Å²) in [5.74, 6) is -0.0687. The molecule has 1 amide bonds. The van der Waals surface area contributed by atoms with Gasteiger partial charge in [0.2, 0.25) is 0 Å². The molecule has 1 unspecified atom stereocenters. The molecule has 0 bridgehead atoms. The topological polar surface area (TPSA) is 76.6 Å². The Morgan fingerprint density at radius 1 is 1.27 bits per heavy atom. The third-order valence-corrected chi connectivity index (χ3v) is 8.25. The van der Waals surface area contributed by atoms with Gasteiger partial charge < -0.3 is 9.64 Å². The minimum absolute atomic E-state index is 0.0407. The number of sulfone groups is 1. The molecule has 1 atom stereocenters. The number of ether oxygens (including phenoxy) is 1. The molecule has 2 aliphatic heterocycles. The summed E-state index contributed by atoms with van der Waals surface area (Å²) in [5.41, 5.74) is 1.12. The summed E-state index contributed by atoms with van der Waals surface area (Å²) >= 11 is 0. The number of hydrogen-bond donors (Lipinski definition) is 0. The lowest BCUT2D eigenvalue weighted by Crippen LogP contribution is -2.68. The first-order chi connectivity index (χ1) is 12.5. The van der Waals surface area contributed by atoms with Gasteiger partial charge in [-0.05, 0) is 25.5 Å². The molecule has 0 radical (unpaired) electrons. The van der Waals surface area contributed by atoms with E-state index in [0.29, 0.717) is 25.3 Å². The Morgan fingerprint density at radius 2 is 2.04 bits per heavy atom. The second kappa shape index (κ2) is 6.32. The van der Waals surface area contributed by atoms with E-state index in [2.05, 4.69) is 4.98 Å². The van der Waals surface area contributed by atoms with Crippen molar-refractivity contribution in [3.63, 3.8) is 0 Å². The van der Waals surface area contributed by atoms with Gasteiger partial charge in [-0.3, -0.25) is 4.79 Å². The van der Waals surface area contributed by atoms with Crippen molar-refractivity contribution in [2.45, 2.75) is 18.1 Å². The normalized spacial score (nSPS) is 23.3. The van der Waals surface area contributed by atoms with Gasteiger partial charge in [0, 0.05) is 31.0 Å². The summed E-state index contributed by atoms with van der Waals surface area (Å²) in [4.78, 5) is 18.8. The summed E-state index contributed by atoms with van der Waals surface area (Å²) in [6.45, 7) is 3.38. The van der Waals surface area contributed by atoms with Crippen LogP contribution in [0.1, 0.15) is 23.8 Å². The van der Waals surface area contributed by atoms with Crippen molar-refractivity contribution in [1.29, 1.82) is 0 Å². The van der Waals surface area contributed by atoms with Crippen LogP contribution in [0.4, 0.5) is 0 Å². The number of rotatable bonds is 4. The molecule has 0 saturated carbocycles. The van der Waals surface area contributed by atoms with Gasteiger partial charge in [-0.25, -0.2) is 13.4 Å². The molecule has 138 valence electrons. The number of aromatic nitrogens is 1. The van der Waals surface area contributed by atoms with Crippen LogP contribution < -0.4 is 0 Å². The zero-order chi connectivity index (χ0) is 18.4. The highest BCUT2D eigenvalue weighted by Crippen LogP contribution is 2.45. The maximum atomic E-state index is 12.8. The predicted molar refractivity (Wildman–Crippen MR) is 98.8 cm³/mol. The Kier molecular flexibility index (Phi) is 4.23. The highest BCUT2D eigenvalue weighted by molar-refractivity contribution is 7.93. The Hall–Kier alpha value is -1.99. The van der Waals surface area contributed by atoms with Gasteiger partial charge in [-0.15, -0.1) is 0 Å². The van der Waals surface area contributed by atoms with Crippen LogP contribution in [0, 0.1) is 5.92 Å². The van der Waals surface area contributed by atoms with Crippen molar-refractivity contribution in [2.24, 2.45) is 5.92 Å². The molecule has 4 rings (SSSR count). The maximum absolute atomic E-state index is 12.8. The summed E-state index contributed by atoms with van der Waals surface area (Å²) in [6.07, 6.45) is 0.610. The number of amides is 1. The van der Waals surface area contributed by atoms with E-state index in [9.17, 15) is 13.2 Å². The smallest absolute Gasteiger partial charge is 0.272 e. The largest absolute Gasteiger partial charge is 0.381 e. The Morgan fingerprint density at radius 3 is 2.81 bits per heavy atom. The van der Waals surface area contributed by atoms with E-state index in [0.717, 1.165) is 10.9 Å². The molecule has 2 fully saturated rings. The van der Waals surface area contributed by atoms with E-state index < -0.39 is 14.6 Å². The van der Waals surface area contributed by atoms with Crippen LogP contribution in [-0.4, -0.2) is 61.0 Å². The van der Waals surface area contributed by atoms with Crippen molar-refractivity contribution < 1.29 is 17.9 Å². The van der Waals surface area contributed by atoms with Crippen LogP contribution >= 0.6 is 0 Å². The number of likely N-dealkylation sites (tertiary alicyclic amines) is 1. The molecule has 2 saturated heterocycles. The van der Waals surface area contributed by atoms with E-state index in [1.807, 2.05) is 37.3 Å². The number of carbonyl (C=O) groups is 1. The van der Waals surface area contributed by atoms with Crippen LogP contribution in [-0.2, 0) is 14.6 Å². The quantitative estimate of drug-likeness (QED) is 0.817. The van der Waals surface area contributed by atoms with Gasteiger partial charge in [0.25, 0.3) is 5.91 Å². The molecule has 1 aromatic carbocycles. The monoisotopic (exact) mass is 374 g/mol. The first-order valence-corrected chi connectivity index (χ1v) is 10.6. The van der Waals surface area contributed by atoms with Crippen molar-refractivity contribution in [1.82, 2.24) is 9.88 Å². The Labute approximate surface area is 153 Å². The third kappa shape index (κ3) is 2.61. The van der Waals surface area contributed by atoms with Crippen LogP contribution in [0.2, 0.25) is 0 Å². The van der Waals surface area contributed by atoms with Gasteiger partial charge in [0.15, 0.2) is 9.84 Å². The average Bonchev–Trinajstić information content (AvgIpc) is 2.88. The molecule has 1 aromatic heterocycles. The highest BCUT2D eigenvalue weighted by atomic mass is 32.2. The first kappa shape index (κ1) is 17.4. The predicted octanol–water partition coefficient (Wildman–Crippen LogP) is 1.90. The Balaban J connectivity index is 1.54. The van der Waals surface area contributed by atoms with Crippen LogP contribution in [0.5, 0.6) is 0 Å². The number of fused-ring (bicyclic) bond motifs is 1. The second-order valence-electron chi connectivity index (χ2n) is 7.08. The third-order valence-electron chi connectivity index (χ3n) is 5.64. The lowest BCUT2D eigenvalue weighted by molar-refractivity contribution is 0.0267. The molecule has 7 heteroatoms. The van der Waals surface area contributed by atoms with E-state index >= 15 is 0 Å². The van der Waals surface area contributed by atoms with E-state index in [-0.39, 0.29) is 30.7 Å². The van der Waals surface area contributed by atoms with Crippen molar-refractivity contribution in [3.8, 4) is 0 Å². The minimum atomic E-state index is -3.21. The van der Waals surface area contributed by atoms with Crippen molar-refractivity contribution in [3.05, 3.63) is 42.1 Å². The van der Waals surface area contributed by atoms with Gasteiger partial charge >= 0.3 is 0 Å². The maximum Gasteiger partial charge on any atom is 0.272 e. The number of pyridine rings is 1. The molecule has 0 N–H and O–H groups in total. The number of benzene rings is 1. The molecule has 2 aromatic rings. The second-order valence-corrected chi connectivity index (χ2v) is 9.53. The molecule has 3 heterocycles. The summed E-state index contributed by atoms with van der Waals surface area (Å²) < 4.78 is 29.9. The zero-order valence-corrected chi connectivity index (χ0v) is 15.5. The molecule has 2 aliphatic rings. The van der Waals surface area contributed by atoms with Gasteiger partial charge in [0.1, 0.15) is 10.4 Å². The zero-order valence-electron chi connectivity index (χ0n) is 14.7. The first-order valence-electron chi connectivity index (χ1n) is 8.92. The molecular weight excluding hydrogens is 352 g/mol. The number of para-hydroxylation sites is 1. The number of hydrogen-bond acceptors (Lipinski definition) is 5. The van der Waals surface area contributed by atoms with Crippen LogP contribution in [0.3, 0.4) is 0 Å². The SMILES string of the molecule is CCOCC1CCS(=O)(=O)C12CN(C(=O)c1ccc3ccccc3n1)C2. The van der Waals surface area contributed by atoms with Gasteiger partial charge in [-0.1, -0.05) is 24.3 Å². The summed E-state index contributed by atoms with van der Waals surface area (Å²) in [5, 5.41) is 0.972. The molecule has 26 heavy (non-hydrogen) atoms. The van der Waals surface area contributed by atoms with E-state index in [4.69, 9.17) is 4.74 Å². The summed E-state index contributed by atoms with van der Waals surface area (Å²) in [7, 11) is -3.21. The van der Waals surface area contributed by atoms with Crippen molar-refractivity contribution >= 4 is 26.6 Å². The fraction of sp³-hybridized carbons (Fsp3) is 0.474. The fourth-order valence-electron chi connectivity index (χ4n) is 4.06. The standard InChI is InChI=1S/C19H22N2O4S/c1-2-25-11-15-9-10-26(23,24)19(15)12-21(13-19)18(22)17-8-7-14-5-3-4-6-16(14)20-17/h3-8,15H,2,9-13H2,1H3.